The standard InChI is InChI=1S/C24H14IN2.Al/c25-27-22-10-4-2-7-18(22)24-16(8-5-11-23(24)27)15-12-13-21-19(14-15)17-6-1-3-9-20(17)26-21;/h1-14H;/q-1;+1. The second-order valence-electron chi connectivity index (χ2n) is 7.12. The highest BCUT2D eigenvalue weighted by Gasteiger charge is 2.14. The fraction of sp³-hybridized carbons (Fsp3) is 0. The monoisotopic (exact) mass is 484 g/mol. The van der Waals surface area contributed by atoms with Crippen molar-refractivity contribution in [3.8, 4) is 11.1 Å². The van der Waals surface area contributed by atoms with Crippen molar-refractivity contribution in [1.82, 2.24) is 6.33 Å². The van der Waals surface area contributed by atoms with Gasteiger partial charge in [0.1, 0.15) is 0 Å². The molecule has 4 aromatic carbocycles. The first-order chi connectivity index (χ1) is 13.7. The average molecular weight is 484 g/mol. The van der Waals surface area contributed by atoms with Gasteiger partial charge in [0.25, 0.3) is 0 Å². The van der Waals surface area contributed by atoms with Gasteiger partial charge < -0.3 is 3.55 Å². The van der Waals surface area contributed by atoms with Crippen molar-refractivity contribution >= 4 is 83.0 Å². The van der Waals surface area contributed by atoms with Gasteiger partial charge in [-0.05, 0) is 41.5 Å². The SMILES string of the molecule is [Al][n]1c2ccccc2c2cc(-c3cccc4c3c3ccccc3n4I)ccc21. The number of hydrogen-bond donors (Lipinski definition) is 0. The van der Waals surface area contributed by atoms with Gasteiger partial charge in [0.05, 0.1) is 33.9 Å². The van der Waals surface area contributed by atoms with Gasteiger partial charge in [-0.3, -0.25) is 2.78 Å². The van der Waals surface area contributed by atoms with Crippen molar-refractivity contribution in [3.63, 3.8) is 0 Å². The molecule has 2 radical (unpaired) electrons. The molecule has 4 heteroatoms. The smallest absolute Gasteiger partial charge is 0.318 e. The number of aromatic nitrogens is 2. The fourth-order valence-electron chi connectivity index (χ4n) is 4.38. The third-order valence-corrected chi connectivity index (χ3v) is 7.26. The first-order valence-corrected chi connectivity index (χ1v) is 10.7. The van der Waals surface area contributed by atoms with Crippen molar-refractivity contribution < 1.29 is 0 Å². The summed E-state index contributed by atoms with van der Waals surface area (Å²) >= 11 is 5.25. The summed E-state index contributed by atoms with van der Waals surface area (Å²) in [5.74, 6) is 0. The van der Waals surface area contributed by atoms with E-state index in [1.807, 2.05) is 0 Å². The Morgan fingerprint density at radius 3 is 2.14 bits per heavy atom. The lowest BCUT2D eigenvalue weighted by atomic mass is 9.98. The number of nitrogens with zero attached hydrogens (tertiary/aromatic N) is 2. The first kappa shape index (κ1) is 16.7. The third kappa shape index (κ3) is 2.20. The molecule has 0 fully saturated rings. The molecular weight excluding hydrogens is 470 g/mol. The number of halogens is 1. The first-order valence-electron chi connectivity index (χ1n) is 9.21. The molecule has 0 aliphatic rings. The summed E-state index contributed by atoms with van der Waals surface area (Å²) in [7, 11) is 0. The van der Waals surface area contributed by atoms with Crippen LogP contribution in [0.2, 0.25) is 0 Å². The highest BCUT2D eigenvalue weighted by Crippen LogP contribution is 2.39. The third-order valence-electron chi connectivity index (χ3n) is 5.66. The topological polar surface area (TPSA) is 9.86 Å². The van der Waals surface area contributed by atoms with Crippen LogP contribution in [0.3, 0.4) is 0 Å². The lowest BCUT2D eigenvalue weighted by Gasteiger charge is -2.07. The van der Waals surface area contributed by atoms with Crippen molar-refractivity contribution in [2.45, 2.75) is 0 Å². The number of benzene rings is 4. The van der Waals surface area contributed by atoms with Crippen LogP contribution in [0.15, 0.2) is 84.9 Å². The average Bonchev–Trinajstić information content (AvgIpc) is 3.21. The summed E-state index contributed by atoms with van der Waals surface area (Å²) in [6, 6.07) is 30.7. The predicted molar refractivity (Wildman–Crippen MR) is 128 cm³/mol. The van der Waals surface area contributed by atoms with Crippen LogP contribution >= 0.6 is 22.9 Å². The Balaban J connectivity index is 1.73. The fourth-order valence-corrected chi connectivity index (χ4v) is 5.66. The number of rotatable bonds is 1. The van der Waals surface area contributed by atoms with Crippen LogP contribution in [0.1, 0.15) is 0 Å². The van der Waals surface area contributed by atoms with Crippen LogP contribution in [-0.4, -0.2) is 22.8 Å². The summed E-state index contributed by atoms with van der Waals surface area (Å²) in [6.07, 6.45) is 0. The van der Waals surface area contributed by atoms with Gasteiger partial charge in [-0.25, -0.2) is 0 Å². The Kier molecular flexibility index (Phi) is 3.64. The molecule has 2 heterocycles. The van der Waals surface area contributed by atoms with Crippen LogP contribution in [0.25, 0.3) is 54.7 Å². The molecule has 0 N–H and O–H groups in total. The van der Waals surface area contributed by atoms with Gasteiger partial charge in [-0.15, -0.1) is 0 Å². The Labute approximate surface area is 184 Å². The molecule has 6 aromatic rings. The van der Waals surface area contributed by atoms with E-state index in [1.54, 1.807) is 0 Å². The Hall–Kier alpha value is -2.26. The maximum atomic E-state index is 2.85. The summed E-state index contributed by atoms with van der Waals surface area (Å²) in [4.78, 5) is 0. The molecule has 2 nitrogen and oxygen atoms in total. The van der Waals surface area contributed by atoms with E-state index < -0.39 is 0 Å². The molecular formula is C24H14AlIN2. The van der Waals surface area contributed by atoms with Gasteiger partial charge in [-0.2, -0.15) is 0 Å². The van der Waals surface area contributed by atoms with E-state index in [9.17, 15) is 0 Å². The van der Waals surface area contributed by atoms with Crippen molar-refractivity contribution in [1.29, 1.82) is 0 Å². The van der Waals surface area contributed by atoms with Crippen LogP contribution in [0.4, 0.5) is 0 Å². The molecule has 0 spiro atoms. The molecule has 28 heavy (non-hydrogen) atoms. The zero-order valence-corrected chi connectivity index (χ0v) is 18.2. The largest absolute Gasteiger partial charge is 0.452 e. The van der Waals surface area contributed by atoms with Gasteiger partial charge in [0, 0.05) is 32.6 Å². The minimum absolute atomic E-state index is 1.23. The van der Waals surface area contributed by atoms with E-state index in [1.165, 1.54) is 54.7 Å². The quantitative estimate of drug-likeness (QED) is 0.182. The van der Waals surface area contributed by atoms with E-state index >= 15 is 0 Å². The summed E-state index contributed by atoms with van der Waals surface area (Å²) in [6.45, 7) is 0. The Morgan fingerprint density at radius 1 is 0.607 bits per heavy atom. The van der Waals surface area contributed by atoms with Crippen LogP contribution in [0.5, 0.6) is 0 Å². The molecule has 2 aromatic heterocycles. The van der Waals surface area contributed by atoms with E-state index in [-0.39, 0.29) is 0 Å². The van der Waals surface area contributed by atoms with Crippen molar-refractivity contribution in [2.75, 3.05) is 0 Å². The van der Waals surface area contributed by atoms with Gasteiger partial charge >= 0.3 is 16.5 Å². The van der Waals surface area contributed by atoms with Crippen molar-refractivity contribution in [2.24, 2.45) is 0 Å². The van der Waals surface area contributed by atoms with E-state index in [2.05, 4.69) is 131 Å². The molecule has 0 bridgehead atoms. The van der Waals surface area contributed by atoms with Gasteiger partial charge in [-0.1, -0.05) is 54.6 Å². The Morgan fingerprint density at radius 2 is 1.29 bits per heavy atom. The molecule has 0 atom stereocenters. The summed E-state index contributed by atoms with van der Waals surface area (Å²) in [5, 5.41) is 5.20. The number of para-hydroxylation sites is 2. The lowest BCUT2D eigenvalue weighted by molar-refractivity contribution is 1.39. The lowest BCUT2D eigenvalue weighted by Crippen LogP contribution is -1.89. The Bertz CT molecular complexity index is 1540. The second-order valence-corrected chi connectivity index (χ2v) is 8.60. The van der Waals surface area contributed by atoms with Crippen LogP contribution in [0, 0.1) is 0 Å². The maximum Gasteiger partial charge on any atom is 0.318 e. The minimum Gasteiger partial charge on any atom is -0.452 e. The van der Waals surface area contributed by atoms with Crippen LogP contribution < -0.4 is 0 Å². The van der Waals surface area contributed by atoms with E-state index in [4.69, 9.17) is 0 Å². The zero-order chi connectivity index (χ0) is 18.8. The molecule has 0 saturated carbocycles. The van der Waals surface area contributed by atoms with E-state index in [0.29, 0.717) is 0 Å². The molecule has 0 unspecified atom stereocenters. The van der Waals surface area contributed by atoms with Gasteiger partial charge in [0.15, 0.2) is 0 Å². The molecule has 130 valence electrons. The van der Waals surface area contributed by atoms with Gasteiger partial charge in [0.2, 0.25) is 0 Å². The van der Waals surface area contributed by atoms with E-state index in [0.717, 1.165) is 0 Å². The normalized spacial score (nSPS) is 11.9. The second kappa shape index (κ2) is 6.12. The highest BCUT2D eigenvalue weighted by atomic mass is 127. The number of fused-ring (bicyclic) bond motifs is 6. The molecule has 0 saturated heterocycles. The predicted octanol–water partition coefficient (Wildman–Crippen LogP) is 6.70. The summed E-state index contributed by atoms with van der Waals surface area (Å²) < 4.78 is 4.46. The minimum atomic E-state index is 1.23. The zero-order valence-electron chi connectivity index (χ0n) is 14.9. The van der Waals surface area contributed by atoms with Crippen molar-refractivity contribution in [3.05, 3.63) is 84.9 Å². The molecule has 0 aliphatic heterocycles. The molecule has 0 amide bonds. The highest BCUT2D eigenvalue weighted by molar-refractivity contribution is 14.1. The molecule has 0 aliphatic carbocycles. The maximum absolute atomic E-state index is 2.85. The summed E-state index contributed by atoms with van der Waals surface area (Å²) in [5.41, 5.74) is 7.53. The molecule has 6 rings (SSSR count). The number of hydrogen-bond acceptors (Lipinski definition) is 0. The van der Waals surface area contributed by atoms with Crippen LogP contribution in [-0.2, 0) is 0 Å².